The highest BCUT2D eigenvalue weighted by atomic mass is 32.2. The van der Waals surface area contributed by atoms with Crippen LogP contribution in [0.3, 0.4) is 0 Å². The molecule has 1 N–H and O–H groups in total. The predicted molar refractivity (Wildman–Crippen MR) is 130 cm³/mol. The molecule has 1 amide bonds. The number of piperazine rings is 1. The van der Waals surface area contributed by atoms with Crippen molar-refractivity contribution < 1.29 is 4.79 Å². The molecule has 0 atom stereocenters. The number of anilines is 3. The second kappa shape index (κ2) is 9.70. The molecule has 2 aromatic carbocycles. The van der Waals surface area contributed by atoms with Gasteiger partial charge in [-0.3, -0.25) is 4.79 Å². The fourth-order valence-corrected chi connectivity index (χ4v) is 5.24. The summed E-state index contributed by atoms with van der Waals surface area (Å²) in [5.41, 5.74) is 5.97. The Morgan fingerprint density at radius 1 is 1.06 bits per heavy atom. The smallest absolute Gasteiger partial charge is 0.233 e. The summed E-state index contributed by atoms with van der Waals surface area (Å²) in [7, 11) is 0. The molecular formula is C23H27N5OS2. The maximum atomic E-state index is 12.7. The Hall–Kier alpha value is -2.58. The Labute approximate surface area is 191 Å². The van der Waals surface area contributed by atoms with Gasteiger partial charge in [0.1, 0.15) is 0 Å². The Balaban J connectivity index is 1.26. The zero-order chi connectivity index (χ0) is 21.8. The van der Waals surface area contributed by atoms with Crippen molar-refractivity contribution in [1.29, 1.82) is 0 Å². The van der Waals surface area contributed by atoms with Gasteiger partial charge in [0.15, 0.2) is 4.34 Å². The molecule has 6 nitrogen and oxygen atoms in total. The molecule has 162 valence electrons. The normalized spacial score (nSPS) is 14.0. The topological polar surface area (TPSA) is 61.4 Å². The molecule has 1 aromatic heterocycles. The van der Waals surface area contributed by atoms with Crippen molar-refractivity contribution in [2.75, 3.05) is 42.1 Å². The number of carbonyl (C=O) groups is 1. The Bertz CT molecular complexity index is 1060. The summed E-state index contributed by atoms with van der Waals surface area (Å²) in [4.78, 5) is 17.0. The summed E-state index contributed by atoms with van der Waals surface area (Å²) in [5.74, 6) is 0.552. The number of hydrogen-bond acceptors (Lipinski definition) is 7. The molecule has 1 saturated heterocycles. The van der Waals surface area contributed by atoms with E-state index in [1.165, 1.54) is 45.5 Å². The van der Waals surface area contributed by atoms with Gasteiger partial charge in [0, 0.05) is 37.6 Å². The number of carbonyl (C=O) groups excluding carboxylic acids is 1. The molecule has 0 radical (unpaired) electrons. The number of aryl methyl sites for hydroxylation is 2. The Kier molecular flexibility index (Phi) is 6.77. The minimum Gasteiger partial charge on any atom is -0.368 e. The van der Waals surface area contributed by atoms with Gasteiger partial charge < -0.3 is 15.1 Å². The number of rotatable bonds is 6. The van der Waals surface area contributed by atoms with Crippen LogP contribution in [-0.2, 0) is 4.79 Å². The highest BCUT2D eigenvalue weighted by Gasteiger charge is 2.22. The number of hydrogen-bond donors (Lipinski definition) is 1. The number of thioether (sulfide) groups is 1. The fraction of sp³-hybridized carbons (Fsp3) is 0.348. The van der Waals surface area contributed by atoms with Crippen LogP contribution in [0.1, 0.15) is 16.7 Å². The zero-order valence-electron chi connectivity index (χ0n) is 18.1. The van der Waals surface area contributed by atoms with Crippen LogP contribution in [-0.4, -0.2) is 52.9 Å². The average molecular weight is 454 g/mol. The van der Waals surface area contributed by atoms with Crippen molar-refractivity contribution in [2.24, 2.45) is 0 Å². The van der Waals surface area contributed by atoms with E-state index in [0.29, 0.717) is 5.75 Å². The second-order valence-electron chi connectivity index (χ2n) is 7.74. The molecule has 0 saturated carbocycles. The lowest BCUT2D eigenvalue weighted by molar-refractivity contribution is -0.128. The standard InChI is InChI=1S/C23H27N5OS2/c1-16-6-4-8-19(14-16)27-10-12-28(13-11-27)21(29)15-30-23-26-25-22(31-23)24-20-9-5-7-17(2)18(20)3/h4-9,14H,10-13,15H2,1-3H3,(H,24,25). The zero-order valence-corrected chi connectivity index (χ0v) is 19.7. The van der Waals surface area contributed by atoms with Crippen LogP contribution in [0, 0.1) is 20.8 Å². The van der Waals surface area contributed by atoms with E-state index >= 15 is 0 Å². The third kappa shape index (κ3) is 5.37. The third-order valence-corrected chi connectivity index (χ3v) is 7.53. The molecule has 8 heteroatoms. The summed E-state index contributed by atoms with van der Waals surface area (Å²) in [6.45, 7) is 9.52. The molecule has 31 heavy (non-hydrogen) atoms. The van der Waals surface area contributed by atoms with Gasteiger partial charge in [-0.2, -0.15) is 0 Å². The van der Waals surface area contributed by atoms with E-state index in [4.69, 9.17) is 0 Å². The molecule has 0 bridgehead atoms. The molecule has 2 heterocycles. The molecule has 0 unspecified atom stereocenters. The number of nitrogens with zero attached hydrogens (tertiary/aromatic N) is 4. The lowest BCUT2D eigenvalue weighted by atomic mass is 10.1. The van der Waals surface area contributed by atoms with Crippen molar-refractivity contribution in [3.05, 3.63) is 59.2 Å². The third-order valence-electron chi connectivity index (χ3n) is 5.57. The van der Waals surface area contributed by atoms with Gasteiger partial charge in [0.25, 0.3) is 0 Å². The predicted octanol–water partition coefficient (Wildman–Crippen LogP) is 4.65. The summed E-state index contributed by atoms with van der Waals surface area (Å²) < 4.78 is 0.805. The van der Waals surface area contributed by atoms with E-state index in [9.17, 15) is 4.79 Å². The van der Waals surface area contributed by atoms with Gasteiger partial charge in [-0.1, -0.05) is 47.4 Å². The van der Waals surface area contributed by atoms with Gasteiger partial charge in [-0.05, 0) is 55.7 Å². The molecular weight excluding hydrogens is 426 g/mol. The summed E-state index contributed by atoms with van der Waals surface area (Å²) in [6, 6.07) is 14.7. The van der Waals surface area contributed by atoms with Crippen LogP contribution in [0.5, 0.6) is 0 Å². The van der Waals surface area contributed by atoms with Crippen molar-refractivity contribution >= 4 is 45.5 Å². The summed E-state index contributed by atoms with van der Waals surface area (Å²) in [6.07, 6.45) is 0. The van der Waals surface area contributed by atoms with Gasteiger partial charge >= 0.3 is 0 Å². The molecule has 3 aromatic rings. The number of amides is 1. The highest BCUT2D eigenvalue weighted by Crippen LogP contribution is 2.29. The lowest BCUT2D eigenvalue weighted by Gasteiger charge is -2.36. The molecule has 0 spiro atoms. The average Bonchev–Trinajstić information content (AvgIpc) is 3.23. The van der Waals surface area contributed by atoms with Crippen LogP contribution in [0.4, 0.5) is 16.5 Å². The van der Waals surface area contributed by atoms with Crippen LogP contribution < -0.4 is 10.2 Å². The van der Waals surface area contributed by atoms with Crippen LogP contribution >= 0.6 is 23.1 Å². The van der Waals surface area contributed by atoms with Crippen LogP contribution in [0.2, 0.25) is 0 Å². The fourth-order valence-electron chi connectivity index (χ4n) is 3.57. The van der Waals surface area contributed by atoms with E-state index in [2.05, 4.69) is 71.5 Å². The summed E-state index contributed by atoms with van der Waals surface area (Å²) >= 11 is 2.94. The highest BCUT2D eigenvalue weighted by molar-refractivity contribution is 8.01. The largest absolute Gasteiger partial charge is 0.368 e. The second-order valence-corrected chi connectivity index (χ2v) is 9.94. The van der Waals surface area contributed by atoms with Crippen molar-refractivity contribution in [1.82, 2.24) is 15.1 Å². The van der Waals surface area contributed by atoms with Crippen molar-refractivity contribution in [3.63, 3.8) is 0 Å². The Morgan fingerprint density at radius 2 is 1.84 bits per heavy atom. The monoisotopic (exact) mass is 453 g/mol. The van der Waals surface area contributed by atoms with Crippen molar-refractivity contribution in [2.45, 2.75) is 25.1 Å². The van der Waals surface area contributed by atoms with E-state index in [-0.39, 0.29) is 5.91 Å². The number of nitrogens with one attached hydrogen (secondary N) is 1. The molecule has 4 rings (SSSR count). The van der Waals surface area contributed by atoms with Gasteiger partial charge in [-0.15, -0.1) is 10.2 Å². The maximum Gasteiger partial charge on any atom is 0.233 e. The van der Waals surface area contributed by atoms with Gasteiger partial charge in [0.2, 0.25) is 11.0 Å². The van der Waals surface area contributed by atoms with Gasteiger partial charge in [-0.25, -0.2) is 0 Å². The first-order valence-electron chi connectivity index (χ1n) is 10.4. The number of benzene rings is 2. The van der Waals surface area contributed by atoms with E-state index in [1.54, 1.807) is 0 Å². The minimum absolute atomic E-state index is 0.160. The minimum atomic E-state index is 0.160. The van der Waals surface area contributed by atoms with E-state index in [1.807, 2.05) is 17.0 Å². The molecule has 1 aliphatic heterocycles. The molecule has 1 fully saturated rings. The molecule has 0 aliphatic carbocycles. The number of aromatic nitrogens is 2. The van der Waals surface area contributed by atoms with E-state index < -0.39 is 0 Å². The SMILES string of the molecule is Cc1cccc(N2CCN(C(=O)CSc3nnc(Nc4cccc(C)c4C)s3)CC2)c1. The van der Waals surface area contributed by atoms with Gasteiger partial charge in [0.05, 0.1) is 5.75 Å². The maximum absolute atomic E-state index is 12.7. The van der Waals surface area contributed by atoms with Crippen molar-refractivity contribution in [3.8, 4) is 0 Å². The quantitative estimate of drug-likeness (QED) is 0.548. The van der Waals surface area contributed by atoms with Crippen LogP contribution in [0.25, 0.3) is 0 Å². The first-order valence-corrected chi connectivity index (χ1v) is 12.2. The molecule has 1 aliphatic rings. The lowest BCUT2D eigenvalue weighted by Crippen LogP contribution is -2.49. The van der Waals surface area contributed by atoms with Crippen LogP contribution in [0.15, 0.2) is 46.8 Å². The Morgan fingerprint density at radius 3 is 2.61 bits per heavy atom. The first kappa shape index (κ1) is 21.6. The first-order chi connectivity index (χ1) is 15.0. The summed E-state index contributed by atoms with van der Waals surface area (Å²) in [5, 5.41) is 12.5. The van der Waals surface area contributed by atoms with E-state index in [0.717, 1.165) is 41.3 Å².